The van der Waals surface area contributed by atoms with Gasteiger partial charge in [-0.3, -0.25) is 9.98 Å². The molecule has 122 valence electrons. The molecule has 2 aromatic rings. The highest BCUT2D eigenvalue weighted by atomic mass is 16.5. The number of rotatable bonds is 6. The maximum absolute atomic E-state index is 5.23. The van der Waals surface area contributed by atoms with Crippen LogP contribution in [0.5, 0.6) is 5.75 Å². The molecule has 1 aromatic carbocycles. The Balaban J connectivity index is 1.80. The van der Waals surface area contributed by atoms with Crippen molar-refractivity contribution in [3.63, 3.8) is 0 Å². The Bertz CT molecular complexity index is 655. The lowest BCUT2D eigenvalue weighted by Gasteiger charge is -2.13. The second-order valence-electron chi connectivity index (χ2n) is 5.26. The van der Waals surface area contributed by atoms with Gasteiger partial charge in [-0.05, 0) is 48.2 Å². The molecule has 0 radical (unpaired) electrons. The van der Waals surface area contributed by atoms with E-state index in [0.29, 0.717) is 6.54 Å². The molecule has 0 atom stereocenters. The van der Waals surface area contributed by atoms with E-state index in [1.165, 1.54) is 11.1 Å². The highest BCUT2D eigenvalue weighted by Gasteiger charge is 2.01. The van der Waals surface area contributed by atoms with Crippen LogP contribution in [0.1, 0.15) is 16.7 Å². The number of nitrogens with one attached hydrogen (secondary N) is 2. The predicted molar refractivity (Wildman–Crippen MR) is 93.9 cm³/mol. The molecule has 0 aliphatic heterocycles. The summed E-state index contributed by atoms with van der Waals surface area (Å²) < 4.78 is 5.23. The molecule has 0 spiro atoms. The van der Waals surface area contributed by atoms with E-state index in [-0.39, 0.29) is 0 Å². The lowest BCUT2D eigenvalue weighted by Crippen LogP contribution is -2.37. The molecule has 5 nitrogen and oxygen atoms in total. The Morgan fingerprint density at radius 2 is 2.13 bits per heavy atom. The molecule has 0 saturated heterocycles. The summed E-state index contributed by atoms with van der Waals surface area (Å²) in [6, 6.07) is 10.1. The number of nitrogens with zero attached hydrogens (tertiary/aromatic N) is 2. The van der Waals surface area contributed by atoms with Gasteiger partial charge < -0.3 is 15.4 Å². The molecule has 0 saturated carbocycles. The third kappa shape index (κ3) is 5.29. The van der Waals surface area contributed by atoms with Crippen LogP contribution in [0.4, 0.5) is 0 Å². The average molecular weight is 312 g/mol. The van der Waals surface area contributed by atoms with Crippen LogP contribution in [0.15, 0.2) is 47.7 Å². The molecule has 2 rings (SSSR count). The van der Waals surface area contributed by atoms with Crippen molar-refractivity contribution in [2.75, 3.05) is 20.7 Å². The second-order valence-corrected chi connectivity index (χ2v) is 5.26. The number of aliphatic imine (C=N–C) groups is 1. The van der Waals surface area contributed by atoms with Gasteiger partial charge in [0.25, 0.3) is 0 Å². The zero-order valence-corrected chi connectivity index (χ0v) is 14.0. The first-order valence-corrected chi connectivity index (χ1v) is 7.70. The monoisotopic (exact) mass is 312 g/mol. The van der Waals surface area contributed by atoms with Gasteiger partial charge in [0.05, 0.1) is 7.11 Å². The Kier molecular flexibility index (Phi) is 6.41. The SMILES string of the molecule is CN=C(NCCc1ccncc1C)NCc1cccc(OC)c1. The Labute approximate surface area is 137 Å². The van der Waals surface area contributed by atoms with Gasteiger partial charge >= 0.3 is 0 Å². The molecule has 0 aliphatic rings. The third-order valence-corrected chi connectivity index (χ3v) is 3.64. The van der Waals surface area contributed by atoms with E-state index in [0.717, 1.165) is 30.2 Å². The standard InChI is InChI=1S/C18H24N4O/c1-14-12-20-9-7-16(14)8-10-21-18(19-2)22-13-15-5-4-6-17(11-15)23-3/h4-7,9,11-12H,8,10,13H2,1-3H3,(H2,19,21,22). The summed E-state index contributed by atoms with van der Waals surface area (Å²) >= 11 is 0. The van der Waals surface area contributed by atoms with Crippen LogP contribution in [0.2, 0.25) is 0 Å². The van der Waals surface area contributed by atoms with Crippen molar-refractivity contribution >= 4 is 5.96 Å². The van der Waals surface area contributed by atoms with Crippen LogP contribution < -0.4 is 15.4 Å². The van der Waals surface area contributed by atoms with Crippen LogP contribution in [-0.2, 0) is 13.0 Å². The molecule has 5 heteroatoms. The number of hydrogen-bond acceptors (Lipinski definition) is 3. The fourth-order valence-corrected chi connectivity index (χ4v) is 2.29. The van der Waals surface area contributed by atoms with Crippen molar-refractivity contribution in [3.8, 4) is 5.75 Å². The van der Waals surface area contributed by atoms with Gasteiger partial charge in [0.2, 0.25) is 0 Å². The summed E-state index contributed by atoms with van der Waals surface area (Å²) in [4.78, 5) is 8.36. The van der Waals surface area contributed by atoms with Gasteiger partial charge in [-0.1, -0.05) is 12.1 Å². The predicted octanol–water partition coefficient (Wildman–Crippen LogP) is 2.31. The average Bonchev–Trinajstić information content (AvgIpc) is 2.59. The fourth-order valence-electron chi connectivity index (χ4n) is 2.29. The first kappa shape index (κ1) is 16.8. The van der Waals surface area contributed by atoms with Crippen LogP contribution in [0.3, 0.4) is 0 Å². The van der Waals surface area contributed by atoms with Crippen LogP contribution in [0, 0.1) is 6.92 Å². The summed E-state index contributed by atoms with van der Waals surface area (Å²) in [6.45, 7) is 3.60. The van der Waals surface area contributed by atoms with Gasteiger partial charge in [-0.25, -0.2) is 0 Å². The minimum atomic E-state index is 0.700. The largest absolute Gasteiger partial charge is 0.497 e. The Morgan fingerprint density at radius 3 is 2.87 bits per heavy atom. The quantitative estimate of drug-likeness (QED) is 0.635. The van der Waals surface area contributed by atoms with Gasteiger partial charge in [0, 0.05) is 32.5 Å². The molecular formula is C18H24N4O. The lowest BCUT2D eigenvalue weighted by molar-refractivity contribution is 0.414. The minimum Gasteiger partial charge on any atom is -0.497 e. The lowest BCUT2D eigenvalue weighted by atomic mass is 10.1. The Hall–Kier alpha value is -2.56. The minimum absolute atomic E-state index is 0.700. The first-order valence-electron chi connectivity index (χ1n) is 7.70. The van der Waals surface area contributed by atoms with E-state index in [1.807, 2.05) is 30.6 Å². The number of guanidine groups is 1. The normalized spacial score (nSPS) is 11.2. The van der Waals surface area contributed by atoms with E-state index in [1.54, 1.807) is 14.2 Å². The van der Waals surface area contributed by atoms with Crippen LogP contribution >= 0.6 is 0 Å². The van der Waals surface area contributed by atoms with Crippen LogP contribution in [0.25, 0.3) is 0 Å². The van der Waals surface area contributed by atoms with Gasteiger partial charge in [-0.2, -0.15) is 0 Å². The maximum atomic E-state index is 5.23. The highest BCUT2D eigenvalue weighted by molar-refractivity contribution is 5.79. The molecule has 0 amide bonds. The van der Waals surface area contributed by atoms with E-state index in [2.05, 4.69) is 39.7 Å². The first-order chi connectivity index (χ1) is 11.2. The van der Waals surface area contributed by atoms with E-state index in [9.17, 15) is 0 Å². The number of ether oxygens (including phenoxy) is 1. The summed E-state index contributed by atoms with van der Waals surface area (Å²) in [5.41, 5.74) is 3.67. The number of aryl methyl sites for hydroxylation is 1. The van der Waals surface area contributed by atoms with E-state index < -0.39 is 0 Å². The summed E-state index contributed by atoms with van der Waals surface area (Å²) in [5, 5.41) is 6.64. The van der Waals surface area contributed by atoms with Crippen molar-refractivity contribution < 1.29 is 4.74 Å². The number of hydrogen-bond donors (Lipinski definition) is 2. The van der Waals surface area contributed by atoms with Crippen LogP contribution in [-0.4, -0.2) is 31.6 Å². The summed E-state index contributed by atoms with van der Waals surface area (Å²) in [6.07, 6.45) is 4.66. The molecule has 2 N–H and O–H groups in total. The summed E-state index contributed by atoms with van der Waals surface area (Å²) in [5.74, 6) is 1.65. The zero-order chi connectivity index (χ0) is 16.5. The molecule has 0 unspecified atom stereocenters. The topological polar surface area (TPSA) is 58.5 Å². The maximum Gasteiger partial charge on any atom is 0.191 e. The summed E-state index contributed by atoms with van der Waals surface area (Å²) in [7, 11) is 3.45. The molecule has 1 aromatic heterocycles. The van der Waals surface area contributed by atoms with Crippen molar-refractivity contribution in [3.05, 3.63) is 59.4 Å². The van der Waals surface area contributed by atoms with E-state index >= 15 is 0 Å². The molecular weight excluding hydrogens is 288 g/mol. The van der Waals surface area contributed by atoms with Gasteiger partial charge in [-0.15, -0.1) is 0 Å². The molecule has 1 heterocycles. The highest BCUT2D eigenvalue weighted by Crippen LogP contribution is 2.12. The van der Waals surface area contributed by atoms with Gasteiger partial charge in [0.15, 0.2) is 5.96 Å². The van der Waals surface area contributed by atoms with Crippen molar-refractivity contribution in [1.82, 2.24) is 15.6 Å². The number of pyridine rings is 1. The zero-order valence-electron chi connectivity index (χ0n) is 14.0. The third-order valence-electron chi connectivity index (χ3n) is 3.64. The molecule has 0 fully saturated rings. The second kappa shape index (κ2) is 8.78. The molecule has 23 heavy (non-hydrogen) atoms. The Morgan fingerprint density at radius 1 is 1.26 bits per heavy atom. The fraction of sp³-hybridized carbons (Fsp3) is 0.333. The smallest absolute Gasteiger partial charge is 0.191 e. The van der Waals surface area contributed by atoms with Crippen molar-refractivity contribution in [2.24, 2.45) is 4.99 Å². The van der Waals surface area contributed by atoms with Crippen molar-refractivity contribution in [2.45, 2.75) is 19.9 Å². The van der Waals surface area contributed by atoms with E-state index in [4.69, 9.17) is 4.74 Å². The number of benzene rings is 1. The van der Waals surface area contributed by atoms with Crippen molar-refractivity contribution in [1.29, 1.82) is 0 Å². The molecule has 0 aliphatic carbocycles. The number of methoxy groups -OCH3 is 1. The number of aromatic nitrogens is 1. The van der Waals surface area contributed by atoms with Gasteiger partial charge in [0.1, 0.15) is 5.75 Å². The molecule has 0 bridgehead atoms.